The van der Waals surface area contributed by atoms with E-state index in [9.17, 15) is 4.79 Å². The second-order valence-electron chi connectivity index (χ2n) is 6.90. The van der Waals surface area contributed by atoms with Crippen LogP contribution < -0.4 is 10.1 Å². The van der Waals surface area contributed by atoms with Crippen LogP contribution >= 0.6 is 23.4 Å². The lowest BCUT2D eigenvalue weighted by Crippen LogP contribution is -2.24. The minimum Gasteiger partial charge on any atom is -0.497 e. The number of aromatic nitrogens is 3. The molecule has 4 rings (SSSR count). The molecule has 0 aliphatic carbocycles. The van der Waals surface area contributed by atoms with Gasteiger partial charge in [0.1, 0.15) is 11.5 Å². The largest absolute Gasteiger partial charge is 0.497 e. The van der Waals surface area contributed by atoms with Crippen molar-refractivity contribution in [1.82, 2.24) is 20.1 Å². The summed E-state index contributed by atoms with van der Waals surface area (Å²) in [5.41, 5.74) is 1.83. The van der Waals surface area contributed by atoms with Crippen LogP contribution in [0.4, 0.5) is 0 Å². The van der Waals surface area contributed by atoms with Gasteiger partial charge in [0.2, 0.25) is 5.91 Å². The summed E-state index contributed by atoms with van der Waals surface area (Å²) in [5, 5.41) is 12.9. The van der Waals surface area contributed by atoms with E-state index in [2.05, 4.69) is 15.5 Å². The highest BCUT2D eigenvalue weighted by Crippen LogP contribution is 2.26. The van der Waals surface area contributed by atoms with Crippen molar-refractivity contribution in [2.45, 2.75) is 18.2 Å². The molecule has 0 aliphatic rings. The summed E-state index contributed by atoms with van der Waals surface area (Å²) in [5.74, 6) is 2.32. The molecule has 164 valence electrons. The molecule has 2 aromatic carbocycles. The molecule has 7 nitrogen and oxygen atoms in total. The quantitative estimate of drug-likeness (QED) is 0.360. The number of furan rings is 1. The van der Waals surface area contributed by atoms with Crippen molar-refractivity contribution < 1.29 is 13.9 Å². The van der Waals surface area contributed by atoms with E-state index >= 15 is 0 Å². The average molecular weight is 469 g/mol. The second-order valence-corrected chi connectivity index (χ2v) is 8.27. The second kappa shape index (κ2) is 10.4. The van der Waals surface area contributed by atoms with Crippen LogP contribution in [0.1, 0.15) is 11.3 Å². The molecule has 2 heterocycles. The summed E-state index contributed by atoms with van der Waals surface area (Å²) in [6, 6.07) is 18.7. The molecule has 0 aliphatic heterocycles. The molecule has 0 spiro atoms. The standard InChI is InChI=1S/C23H21ClN4O3S/c1-30-19-9-7-17(8-10-19)22-26-27-23(28(22)14-20-6-3-11-31-20)32-15-21(29)25-13-16-4-2-5-18(24)12-16/h2-12H,13-15H2,1H3,(H,25,29). The molecule has 0 fully saturated rings. The fourth-order valence-corrected chi connectivity index (χ4v) is 4.06. The molecule has 1 N–H and O–H groups in total. The van der Waals surface area contributed by atoms with Crippen molar-refractivity contribution in [1.29, 1.82) is 0 Å². The first-order valence-corrected chi connectivity index (χ1v) is 11.2. The van der Waals surface area contributed by atoms with E-state index in [-0.39, 0.29) is 11.7 Å². The van der Waals surface area contributed by atoms with Gasteiger partial charge in [0.05, 0.1) is 25.7 Å². The van der Waals surface area contributed by atoms with Gasteiger partial charge < -0.3 is 14.5 Å². The lowest BCUT2D eigenvalue weighted by atomic mass is 10.2. The zero-order valence-corrected chi connectivity index (χ0v) is 18.9. The summed E-state index contributed by atoms with van der Waals surface area (Å²) < 4.78 is 12.7. The number of hydrogen-bond donors (Lipinski definition) is 1. The molecule has 4 aromatic rings. The molecule has 0 unspecified atom stereocenters. The SMILES string of the molecule is COc1ccc(-c2nnc(SCC(=O)NCc3cccc(Cl)c3)n2Cc2ccco2)cc1. The van der Waals surface area contributed by atoms with Gasteiger partial charge in [-0.2, -0.15) is 0 Å². The fraction of sp³-hybridized carbons (Fsp3) is 0.174. The van der Waals surface area contributed by atoms with Gasteiger partial charge in [0.15, 0.2) is 11.0 Å². The third kappa shape index (κ3) is 5.52. The van der Waals surface area contributed by atoms with Crippen LogP contribution in [0, 0.1) is 0 Å². The molecule has 2 aromatic heterocycles. The number of rotatable bonds is 9. The summed E-state index contributed by atoms with van der Waals surface area (Å²) in [7, 11) is 1.63. The van der Waals surface area contributed by atoms with E-state index in [0.717, 1.165) is 22.6 Å². The van der Waals surface area contributed by atoms with Crippen LogP contribution in [0.15, 0.2) is 76.5 Å². The number of halogens is 1. The number of carbonyl (C=O) groups excluding carboxylic acids is 1. The lowest BCUT2D eigenvalue weighted by molar-refractivity contribution is -0.118. The van der Waals surface area contributed by atoms with Gasteiger partial charge in [-0.15, -0.1) is 10.2 Å². The number of amides is 1. The van der Waals surface area contributed by atoms with Gasteiger partial charge >= 0.3 is 0 Å². The minimum atomic E-state index is -0.103. The maximum atomic E-state index is 12.4. The Labute approximate surface area is 194 Å². The van der Waals surface area contributed by atoms with Crippen LogP contribution in [0.3, 0.4) is 0 Å². The minimum absolute atomic E-state index is 0.103. The van der Waals surface area contributed by atoms with Gasteiger partial charge in [-0.3, -0.25) is 9.36 Å². The molecular formula is C23H21ClN4O3S. The Bertz CT molecular complexity index is 1180. The molecule has 0 atom stereocenters. The van der Waals surface area contributed by atoms with Crippen molar-refractivity contribution in [3.8, 4) is 17.1 Å². The Morgan fingerprint density at radius 3 is 2.72 bits per heavy atom. The summed E-state index contributed by atoms with van der Waals surface area (Å²) in [6.07, 6.45) is 1.63. The normalized spacial score (nSPS) is 10.8. The topological polar surface area (TPSA) is 82.2 Å². The number of nitrogens with one attached hydrogen (secondary N) is 1. The smallest absolute Gasteiger partial charge is 0.230 e. The predicted octanol–water partition coefficient (Wildman–Crippen LogP) is 4.66. The van der Waals surface area contributed by atoms with Crippen LogP contribution in [0.5, 0.6) is 5.75 Å². The number of nitrogens with zero attached hydrogens (tertiary/aromatic N) is 3. The van der Waals surface area contributed by atoms with Crippen molar-refractivity contribution in [3.63, 3.8) is 0 Å². The Balaban J connectivity index is 1.47. The number of thioether (sulfide) groups is 1. The van der Waals surface area contributed by atoms with Gasteiger partial charge in [-0.1, -0.05) is 35.5 Å². The van der Waals surface area contributed by atoms with Gasteiger partial charge in [0.25, 0.3) is 0 Å². The highest BCUT2D eigenvalue weighted by molar-refractivity contribution is 7.99. The molecule has 0 saturated heterocycles. The Morgan fingerprint density at radius 2 is 2.00 bits per heavy atom. The number of carbonyl (C=O) groups is 1. The zero-order valence-electron chi connectivity index (χ0n) is 17.3. The van der Waals surface area contributed by atoms with Gasteiger partial charge in [-0.05, 0) is 54.1 Å². The molecular weight excluding hydrogens is 448 g/mol. The molecule has 0 radical (unpaired) electrons. The zero-order chi connectivity index (χ0) is 22.3. The van der Waals surface area contributed by atoms with Crippen molar-refractivity contribution in [2.75, 3.05) is 12.9 Å². The predicted molar refractivity (Wildman–Crippen MR) is 124 cm³/mol. The number of ether oxygens (including phenoxy) is 1. The first-order valence-electron chi connectivity index (χ1n) is 9.86. The maximum Gasteiger partial charge on any atom is 0.230 e. The van der Waals surface area contributed by atoms with Gasteiger partial charge in [-0.25, -0.2) is 0 Å². The third-order valence-corrected chi connectivity index (χ3v) is 5.87. The van der Waals surface area contributed by atoms with E-state index in [1.54, 1.807) is 19.4 Å². The first-order chi connectivity index (χ1) is 15.6. The van der Waals surface area contributed by atoms with Crippen LogP contribution in [-0.4, -0.2) is 33.5 Å². The average Bonchev–Trinajstić information content (AvgIpc) is 3.47. The first kappa shape index (κ1) is 22.0. The van der Waals surface area contributed by atoms with Crippen molar-refractivity contribution in [2.24, 2.45) is 0 Å². The summed E-state index contributed by atoms with van der Waals surface area (Å²) in [6.45, 7) is 0.865. The van der Waals surface area contributed by atoms with Crippen LogP contribution in [0.25, 0.3) is 11.4 Å². The monoisotopic (exact) mass is 468 g/mol. The number of benzene rings is 2. The summed E-state index contributed by atoms with van der Waals surface area (Å²) >= 11 is 7.32. The van der Waals surface area contributed by atoms with Crippen molar-refractivity contribution >= 4 is 29.3 Å². The van der Waals surface area contributed by atoms with Gasteiger partial charge in [0, 0.05) is 17.1 Å². The number of hydrogen-bond acceptors (Lipinski definition) is 6. The highest BCUT2D eigenvalue weighted by atomic mass is 35.5. The third-order valence-electron chi connectivity index (χ3n) is 4.67. The van der Waals surface area contributed by atoms with E-state index in [4.69, 9.17) is 20.8 Å². The Kier molecular flexibility index (Phi) is 7.14. The summed E-state index contributed by atoms with van der Waals surface area (Å²) in [4.78, 5) is 12.4. The molecule has 1 amide bonds. The van der Waals surface area contributed by atoms with Crippen molar-refractivity contribution in [3.05, 3.63) is 83.3 Å². The highest BCUT2D eigenvalue weighted by Gasteiger charge is 2.17. The number of methoxy groups -OCH3 is 1. The fourth-order valence-electron chi connectivity index (χ4n) is 3.08. The van der Waals surface area contributed by atoms with Crippen LogP contribution in [0.2, 0.25) is 5.02 Å². The maximum absolute atomic E-state index is 12.4. The molecule has 0 saturated carbocycles. The molecule has 0 bridgehead atoms. The molecule has 32 heavy (non-hydrogen) atoms. The lowest BCUT2D eigenvalue weighted by Gasteiger charge is -2.10. The van der Waals surface area contributed by atoms with E-state index in [0.29, 0.717) is 29.1 Å². The van der Waals surface area contributed by atoms with E-state index < -0.39 is 0 Å². The Morgan fingerprint density at radius 1 is 1.16 bits per heavy atom. The van der Waals surface area contributed by atoms with Crippen LogP contribution in [-0.2, 0) is 17.9 Å². The Hall–Kier alpha value is -3.23. The van der Waals surface area contributed by atoms with E-state index in [1.165, 1.54) is 11.8 Å². The molecule has 9 heteroatoms. The van der Waals surface area contributed by atoms with E-state index in [1.807, 2.05) is 59.2 Å².